The minimum atomic E-state index is -3.48. The fraction of sp³-hybridized carbons (Fsp3) is 0.333. The summed E-state index contributed by atoms with van der Waals surface area (Å²) < 4.78 is 32.4. The molecule has 19 heavy (non-hydrogen) atoms. The maximum Gasteiger partial charge on any atom is 0.244 e. The minimum Gasteiger partial charge on any atom is -0.465 e. The van der Waals surface area contributed by atoms with Gasteiger partial charge in [0.2, 0.25) is 10.0 Å². The fourth-order valence-corrected chi connectivity index (χ4v) is 5.25. The summed E-state index contributed by atoms with van der Waals surface area (Å²) in [7, 11) is -1.93. The van der Waals surface area contributed by atoms with Gasteiger partial charge in [0.15, 0.2) is 0 Å². The number of halogens is 1. The Morgan fingerprint density at radius 3 is 2.53 bits per heavy atom. The van der Waals surface area contributed by atoms with E-state index in [1.165, 1.54) is 15.6 Å². The lowest BCUT2D eigenvalue weighted by Crippen LogP contribution is -2.26. The molecule has 0 spiro atoms. The first-order valence-corrected chi connectivity index (χ1v) is 8.63. The molecule has 0 aliphatic carbocycles. The zero-order valence-electron chi connectivity index (χ0n) is 10.8. The average molecular weight is 364 g/mol. The molecule has 2 aromatic heterocycles. The molecule has 2 heterocycles. The van der Waals surface area contributed by atoms with Crippen LogP contribution in [-0.4, -0.2) is 19.8 Å². The molecule has 7 heteroatoms. The molecule has 0 N–H and O–H groups in total. The standard InChI is InChI=1S/C12H14BrNO3S2/c1-8-4-5-10(17-8)7-14(3)19(15,16)11-6-12(13)18-9(11)2/h4-6H,7H2,1-3H3. The second-order valence-electron chi connectivity index (χ2n) is 4.24. The van der Waals surface area contributed by atoms with Gasteiger partial charge in [-0.15, -0.1) is 11.3 Å². The van der Waals surface area contributed by atoms with Crippen LogP contribution in [0.25, 0.3) is 0 Å². The van der Waals surface area contributed by atoms with Gasteiger partial charge in [-0.2, -0.15) is 4.31 Å². The smallest absolute Gasteiger partial charge is 0.244 e. The van der Waals surface area contributed by atoms with Crippen LogP contribution in [0, 0.1) is 13.8 Å². The highest BCUT2D eigenvalue weighted by atomic mass is 79.9. The molecule has 0 atom stereocenters. The van der Waals surface area contributed by atoms with E-state index in [9.17, 15) is 8.42 Å². The third kappa shape index (κ3) is 3.10. The second-order valence-corrected chi connectivity index (χ2v) is 8.89. The van der Waals surface area contributed by atoms with Crippen LogP contribution < -0.4 is 0 Å². The number of thiophene rings is 1. The van der Waals surface area contributed by atoms with Crippen molar-refractivity contribution < 1.29 is 12.8 Å². The van der Waals surface area contributed by atoms with Crippen LogP contribution in [0.5, 0.6) is 0 Å². The van der Waals surface area contributed by atoms with Gasteiger partial charge in [-0.25, -0.2) is 8.42 Å². The van der Waals surface area contributed by atoms with Crippen molar-refractivity contribution in [2.45, 2.75) is 25.3 Å². The summed E-state index contributed by atoms with van der Waals surface area (Å²) in [6, 6.07) is 5.25. The fourth-order valence-electron chi connectivity index (χ4n) is 1.73. The molecule has 2 aromatic rings. The lowest BCUT2D eigenvalue weighted by molar-refractivity contribution is 0.397. The van der Waals surface area contributed by atoms with Crippen LogP contribution in [-0.2, 0) is 16.6 Å². The first kappa shape index (κ1) is 14.8. The van der Waals surface area contributed by atoms with Gasteiger partial charge in [0.05, 0.1) is 15.2 Å². The highest BCUT2D eigenvalue weighted by Gasteiger charge is 2.25. The predicted molar refractivity (Wildman–Crippen MR) is 78.9 cm³/mol. The van der Waals surface area contributed by atoms with Gasteiger partial charge in [-0.05, 0) is 48.0 Å². The Morgan fingerprint density at radius 2 is 2.05 bits per heavy atom. The first-order valence-electron chi connectivity index (χ1n) is 5.58. The Balaban J connectivity index is 2.27. The summed E-state index contributed by atoms with van der Waals surface area (Å²) in [4.78, 5) is 1.12. The van der Waals surface area contributed by atoms with E-state index in [0.29, 0.717) is 10.7 Å². The van der Waals surface area contributed by atoms with Crippen molar-refractivity contribution in [2.24, 2.45) is 0 Å². The highest BCUT2D eigenvalue weighted by Crippen LogP contribution is 2.31. The van der Waals surface area contributed by atoms with Gasteiger partial charge >= 0.3 is 0 Å². The average Bonchev–Trinajstić information content (AvgIpc) is 2.85. The zero-order valence-corrected chi connectivity index (χ0v) is 14.0. The van der Waals surface area contributed by atoms with Gasteiger partial charge in [-0.3, -0.25) is 0 Å². The van der Waals surface area contributed by atoms with Gasteiger partial charge in [-0.1, -0.05) is 0 Å². The third-order valence-corrected chi connectivity index (χ3v) is 6.32. The molecule has 2 rings (SSSR count). The Bertz CT molecular complexity index is 688. The van der Waals surface area contributed by atoms with Crippen molar-refractivity contribution in [3.05, 3.63) is 38.4 Å². The number of furan rings is 1. The molecule has 0 saturated carbocycles. The van der Waals surface area contributed by atoms with Crippen LogP contribution in [0.3, 0.4) is 0 Å². The van der Waals surface area contributed by atoms with E-state index in [4.69, 9.17) is 4.42 Å². The number of hydrogen-bond donors (Lipinski definition) is 0. The third-order valence-electron chi connectivity index (χ3n) is 2.70. The first-order chi connectivity index (χ1) is 8.80. The molecule has 0 aliphatic heterocycles. The maximum atomic E-state index is 12.4. The van der Waals surface area contributed by atoms with Crippen LogP contribution in [0.1, 0.15) is 16.4 Å². The van der Waals surface area contributed by atoms with Crippen LogP contribution >= 0.6 is 27.3 Å². The summed E-state index contributed by atoms with van der Waals surface area (Å²) in [6.07, 6.45) is 0. The van der Waals surface area contributed by atoms with Crippen LogP contribution in [0.2, 0.25) is 0 Å². The molecule has 0 unspecified atom stereocenters. The van der Waals surface area contributed by atoms with Gasteiger partial charge in [0.1, 0.15) is 11.5 Å². The van der Waals surface area contributed by atoms with Crippen molar-refractivity contribution in [1.82, 2.24) is 4.31 Å². The topological polar surface area (TPSA) is 50.5 Å². The predicted octanol–water partition coefficient (Wildman–Crippen LogP) is 3.54. The number of hydrogen-bond acceptors (Lipinski definition) is 4. The van der Waals surface area contributed by atoms with E-state index < -0.39 is 10.0 Å². The van der Waals surface area contributed by atoms with Crippen molar-refractivity contribution in [3.63, 3.8) is 0 Å². The molecule has 104 valence electrons. The molecule has 0 amide bonds. The summed E-state index contributed by atoms with van der Waals surface area (Å²) in [5.41, 5.74) is 0. The maximum absolute atomic E-state index is 12.4. The van der Waals surface area contributed by atoms with Crippen molar-refractivity contribution in [2.75, 3.05) is 7.05 Å². The summed E-state index contributed by atoms with van der Waals surface area (Å²) in [5, 5.41) is 0. The molecule has 0 saturated heterocycles. The SMILES string of the molecule is Cc1ccc(CN(C)S(=O)(=O)c2cc(Br)sc2C)o1. The molecular formula is C12H14BrNO3S2. The van der Waals surface area contributed by atoms with E-state index in [0.717, 1.165) is 14.4 Å². The van der Waals surface area contributed by atoms with E-state index in [1.807, 2.05) is 13.0 Å². The van der Waals surface area contributed by atoms with Crippen molar-refractivity contribution >= 4 is 37.3 Å². The summed E-state index contributed by atoms with van der Waals surface area (Å²) in [5.74, 6) is 1.41. The highest BCUT2D eigenvalue weighted by molar-refractivity contribution is 9.11. The molecule has 0 aromatic carbocycles. The minimum absolute atomic E-state index is 0.225. The zero-order chi connectivity index (χ0) is 14.2. The van der Waals surface area contributed by atoms with Crippen LogP contribution in [0.4, 0.5) is 0 Å². The van der Waals surface area contributed by atoms with E-state index in [1.54, 1.807) is 26.1 Å². The van der Waals surface area contributed by atoms with E-state index >= 15 is 0 Å². The number of aryl methyl sites for hydroxylation is 2. The lowest BCUT2D eigenvalue weighted by atomic mass is 10.4. The molecule has 4 nitrogen and oxygen atoms in total. The molecule has 0 bridgehead atoms. The van der Waals surface area contributed by atoms with Crippen LogP contribution in [0.15, 0.2) is 31.3 Å². The molecule has 0 fully saturated rings. The Labute approximate surface area is 125 Å². The van der Waals surface area contributed by atoms with Gasteiger partial charge < -0.3 is 4.42 Å². The Hall–Kier alpha value is -0.630. The molecule has 0 radical (unpaired) electrons. The summed E-state index contributed by atoms with van der Waals surface area (Å²) >= 11 is 4.72. The van der Waals surface area contributed by atoms with Crippen molar-refractivity contribution in [3.8, 4) is 0 Å². The van der Waals surface area contributed by atoms with Gasteiger partial charge in [0, 0.05) is 11.9 Å². The normalized spacial score (nSPS) is 12.3. The largest absolute Gasteiger partial charge is 0.465 e. The van der Waals surface area contributed by atoms with E-state index in [2.05, 4.69) is 15.9 Å². The molecule has 0 aliphatic rings. The number of nitrogens with zero attached hydrogens (tertiary/aromatic N) is 1. The quantitative estimate of drug-likeness (QED) is 0.834. The number of sulfonamides is 1. The number of rotatable bonds is 4. The summed E-state index contributed by atoms with van der Waals surface area (Å²) in [6.45, 7) is 3.86. The monoisotopic (exact) mass is 363 g/mol. The van der Waals surface area contributed by atoms with Gasteiger partial charge in [0.25, 0.3) is 0 Å². The molecular weight excluding hydrogens is 350 g/mol. The van der Waals surface area contributed by atoms with Crippen molar-refractivity contribution in [1.29, 1.82) is 0 Å². The second kappa shape index (κ2) is 5.40. The Kier molecular flexibility index (Phi) is 4.20. The Morgan fingerprint density at radius 1 is 1.37 bits per heavy atom. The van der Waals surface area contributed by atoms with E-state index in [-0.39, 0.29) is 6.54 Å². The lowest BCUT2D eigenvalue weighted by Gasteiger charge is -2.15.